The Morgan fingerprint density at radius 3 is 2.50 bits per heavy atom. The molecule has 0 bridgehead atoms. The van der Waals surface area contributed by atoms with Crippen LogP contribution < -0.4 is 16.0 Å². The van der Waals surface area contributed by atoms with E-state index in [1.807, 2.05) is 12.3 Å². The van der Waals surface area contributed by atoms with Gasteiger partial charge in [0, 0.05) is 43.0 Å². The van der Waals surface area contributed by atoms with Crippen LogP contribution in [0.2, 0.25) is 0 Å². The SMILES string of the molecule is CC(=O)NCCCc1nc2nc(-c3ccc(C4([NH3+])CCC4)cc3)c(-c3ccccc3)cc2c[nH+]1. The first-order chi connectivity index (χ1) is 16.5. The third kappa shape index (κ3) is 4.54. The van der Waals surface area contributed by atoms with Crippen molar-refractivity contribution in [1.82, 2.24) is 15.3 Å². The molecule has 1 aliphatic carbocycles. The van der Waals surface area contributed by atoms with E-state index >= 15 is 0 Å². The number of aromatic nitrogens is 3. The molecule has 0 saturated heterocycles. The maximum Gasteiger partial charge on any atom is 0.299 e. The van der Waals surface area contributed by atoms with E-state index in [1.165, 1.54) is 18.9 Å². The predicted octanol–water partition coefficient (Wildman–Crippen LogP) is 3.47. The summed E-state index contributed by atoms with van der Waals surface area (Å²) in [5.74, 6) is 0.853. The minimum atomic E-state index is -0.0108. The summed E-state index contributed by atoms with van der Waals surface area (Å²) in [7, 11) is 0. The molecule has 0 atom stereocenters. The molecule has 5 N–H and O–H groups in total. The summed E-state index contributed by atoms with van der Waals surface area (Å²) >= 11 is 0. The van der Waals surface area contributed by atoms with Crippen molar-refractivity contribution in [2.75, 3.05) is 6.54 Å². The van der Waals surface area contributed by atoms with E-state index in [2.05, 4.69) is 70.6 Å². The summed E-state index contributed by atoms with van der Waals surface area (Å²) in [6.45, 7) is 2.17. The number of rotatable bonds is 7. The maximum absolute atomic E-state index is 11.1. The van der Waals surface area contributed by atoms with Gasteiger partial charge in [0.15, 0.2) is 0 Å². The third-order valence-corrected chi connectivity index (χ3v) is 6.80. The van der Waals surface area contributed by atoms with E-state index in [-0.39, 0.29) is 11.4 Å². The number of carbonyl (C=O) groups excluding carboxylic acids is 1. The number of nitrogens with zero attached hydrogens (tertiary/aromatic N) is 2. The van der Waals surface area contributed by atoms with E-state index < -0.39 is 0 Å². The van der Waals surface area contributed by atoms with Gasteiger partial charge in [-0.15, -0.1) is 0 Å². The molecule has 4 aromatic rings. The number of H-pyrrole nitrogens is 1. The van der Waals surface area contributed by atoms with Crippen LogP contribution in [0.15, 0.2) is 66.9 Å². The molecule has 172 valence electrons. The number of hydrogen-bond donors (Lipinski definition) is 2. The van der Waals surface area contributed by atoms with Crippen LogP contribution in [0.5, 0.6) is 0 Å². The number of nitrogens with one attached hydrogen (secondary N) is 2. The summed E-state index contributed by atoms with van der Waals surface area (Å²) < 4.78 is 0. The van der Waals surface area contributed by atoms with Gasteiger partial charge in [0.1, 0.15) is 11.7 Å². The molecule has 1 saturated carbocycles. The van der Waals surface area contributed by atoms with Crippen LogP contribution in [0.3, 0.4) is 0 Å². The number of carbonyl (C=O) groups is 1. The monoisotopic (exact) mass is 453 g/mol. The van der Waals surface area contributed by atoms with E-state index in [4.69, 9.17) is 9.97 Å². The standard InChI is InChI=1S/C28H29N5O/c1-19(34)30-16-5-9-25-31-18-22-17-24(20-7-3-2-4-8-20)26(33-27(22)32-25)21-10-12-23(13-11-21)28(29)14-6-15-28/h2-4,7-8,10-13,17-18H,5-6,9,14-16,29H2,1H3,(H,30,34)/p+2. The first-order valence-corrected chi connectivity index (χ1v) is 12.0. The molecule has 5 rings (SSSR count). The number of benzene rings is 2. The lowest BCUT2D eigenvalue weighted by Crippen LogP contribution is -2.73. The van der Waals surface area contributed by atoms with Crippen molar-refractivity contribution in [3.63, 3.8) is 0 Å². The quantitative estimate of drug-likeness (QED) is 0.419. The van der Waals surface area contributed by atoms with Crippen LogP contribution in [-0.4, -0.2) is 22.4 Å². The average Bonchev–Trinajstić information content (AvgIpc) is 2.85. The molecule has 2 aromatic heterocycles. The predicted molar refractivity (Wildman–Crippen MR) is 132 cm³/mol. The molecular weight excluding hydrogens is 422 g/mol. The van der Waals surface area contributed by atoms with Crippen LogP contribution in [0.1, 0.15) is 44.0 Å². The van der Waals surface area contributed by atoms with Crippen LogP contribution in [-0.2, 0) is 16.8 Å². The van der Waals surface area contributed by atoms with Crippen molar-refractivity contribution in [3.8, 4) is 22.4 Å². The van der Waals surface area contributed by atoms with Crippen molar-refractivity contribution >= 4 is 16.9 Å². The number of quaternary nitrogens is 1. The average molecular weight is 454 g/mol. The Labute approximate surface area is 199 Å². The number of amides is 1. The Balaban J connectivity index is 1.52. The molecule has 1 aliphatic rings. The van der Waals surface area contributed by atoms with Crippen LogP contribution in [0, 0.1) is 0 Å². The van der Waals surface area contributed by atoms with Gasteiger partial charge in [0.25, 0.3) is 11.5 Å². The molecule has 6 nitrogen and oxygen atoms in total. The highest BCUT2D eigenvalue weighted by Crippen LogP contribution is 2.38. The van der Waals surface area contributed by atoms with Crippen molar-refractivity contribution in [2.24, 2.45) is 0 Å². The molecule has 1 amide bonds. The fourth-order valence-electron chi connectivity index (χ4n) is 4.62. The Bertz CT molecular complexity index is 1310. The molecular formula is C28H31N5O+2. The van der Waals surface area contributed by atoms with Crippen molar-refractivity contribution in [2.45, 2.75) is 44.6 Å². The number of hydrogen-bond acceptors (Lipinski definition) is 3. The molecule has 0 unspecified atom stereocenters. The Hall–Kier alpha value is -3.64. The first kappa shape index (κ1) is 22.2. The minimum absolute atomic E-state index is 0.0108. The normalized spacial score (nSPS) is 14.5. The number of fused-ring (bicyclic) bond motifs is 1. The zero-order valence-electron chi connectivity index (χ0n) is 19.6. The molecule has 0 radical (unpaired) electrons. The highest BCUT2D eigenvalue weighted by molar-refractivity contribution is 5.89. The topological polar surface area (TPSA) is 96.7 Å². The third-order valence-electron chi connectivity index (χ3n) is 6.80. The van der Waals surface area contributed by atoms with Gasteiger partial charge in [-0.05, 0) is 29.5 Å². The Morgan fingerprint density at radius 1 is 1.06 bits per heavy atom. The van der Waals surface area contributed by atoms with Crippen LogP contribution in [0.25, 0.3) is 33.4 Å². The van der Waals surface area contributed by atoms with Gasteiger partial charge < -0.3 is 11.1 Å². The second-order valence-electron chi connectivity index (χ2n) is 9.31. The smallest absolute Gasteiger partial charge is 0.299 e. The largest absolute Gasteiger partial charge is 0.356 e. The summed E-state index contributed by atoms with van der Waals surface area (Å²) in [5, 5.41) is 3.80. The second-order valence-corrected chi connectivity index (χ2v) is 9.31. The van der Waals surface area contributed by atoms with E-state index in [1.54, 1.807) is 0 Å². The molecule has 0 spiro atoms. The molecule has 6 heteroatoms. The lowest BCUT2D eigenvalue weighted by molar-refractivity contribution is -0.509. The zero-order chi connectivity index (χ0) is 23.5. The fraction of sp³-hybridized carbons (Fsp3) is 0.286. The summed E-state index contributed by atoms with van der Waals surface area (Å²) in [6, 6.07) is 21.3. The number of aromatic amines is 1. The molecule has 2 aromatic carbocycles. The van der Waals surface area contributed by atoms with Crippen molar-refractivity contribution in [3.05, 3.63) is 78.2 Å². The fourth-order valence-corrected chi connectivity index (χ4v) is 4.62. The number of aryl methyl sites for hydroxylation is 1. The zero-order valence-corrected chi connectivity index (χ0v) is 19.6. The van der Waals surface area contributed by atoms with Gasteiger partial charge in [-0.3, -0.25) is 4.79 Å². The minimum Gasteiger partial charge on any atom is -0.356 e. The summed E-state index contributed by atoms with van der Waals surface area (Å²) in [5.41, 5.74) is 10.8. The Morgan fingerprint density at radius 2 is 1.82 bits per heavy atom. The first-order valence-electron chi connectivity index (χ1n) is 12.0. The van der Waals surface area contributed by atoms with Crippen LogP contribution in [0.4, 0.5) is 0 Å². The van der Waals surface area contributed by atoms with Crippen LogP contribution >= 0.6 is 0 Å². The lowest BCUT2D eigenvalue weighted by Gasteiger charge is -2.34. The number of pyridine rings is 1. The van der Waals surface area contributed by atoms with Gasteiger partial charge in [0.05, 0.1) is 17.5 Å². The van der Waals surface area contributed by atoms with Crippen molar-refractivity contribution < 1.29 is 15.5 Å². The highest BCUT2D eigenvalue weighted by atomic mass is 16.1. The molecule has 1 fully saturated rings. The summed E-state index contributed by atoms with van der Waals surface area (Å²) in [4.78, 5) is 24.3. The van der Waals surface area contributed by atoms with Gasteiger partial charge >= 0.3 is 0 Å². The van der Waals surface area contributed by atoms with E-state index in [0.717, 1.165) is 64.9 Å². The van der Waals surface area contributed by atoms with E-state index in [9.17, 15) is 4.79 Å². The molecule has 2 heterocycles. The Kier molecular flexibility index (Phi) is 6.07. The van der Waals surface area contributed by atoms with Gasteiger partial charge in [-0.2, -0.15) is 0 Å². The van der Waals surface area contributed by atoms with Gasteiger partial charge in [-0.25, -0.2) is 9.97 Å². The molecule has 34 heavy (non-hydrogen) atoms. The highest BCUT2D eigenvalue weighted by Gasteiger charge is 2.38. The van der Waals surface area contributed by atoms with E-state index in [0.29, 0.717) is 6.54 Å². The lowest BCUT2D eigenvalue weighted by atomic mass is 9.72. The summed E-state index contributed by atoms with van der Waals surface area (Å²) in [6.07, 6.45) is 7.10. The van der Waals surface area contributed by atoms with Crippen molar-refractivity contribution in [1.29, 1.82) is 0 Å². The van der Waals surface area contributed by atoms with Gasteiger partial charge in [-0.1, -0.05) is 54.6 Å². The molecule has 0 aliphatic heterocycles. The maximum atomic E-state index is 11.1. The second kappa shape index (κ2) is 9.31. The van der Waals surface area contributed by atoms with Gasteiger partial charge in [0.2, 0.25) is 5.91 Å².